The molecule has 0 atom stereocenters. The van der Waals surface area contributed by atoms with Crippen LogP contribution in [0.25, 0.3) is 11.5 Å². The van der Waals surface area contributed by atoms with Crippen LogP contribution in [0.3, 0.4) is 0 Å². The molecule has 0 saturated heterocycles. The summed E-state index contributed by atoms with van der Waals surface area (Å²) in [5.74, 6) is 0.439. The summed E-state index contributed by atoms with van der Waals surface area (Å²) in [6.07, 6.45) is 1.53. The van der Waals surface area contributed by atoms with Crippen molar-refractivity contribution in [3.8, 4) is 11.5 Å². The average Bonchev–Trinajstić information content (AvgIpc) is 2.73. The molecule has 0 unspecified atom stereocenters. The second-order valence-corrected chi connectivity index (χ2v) is 5.76. The number of H-pyrrole nitrogens is 2. The average molecular weight is 345 g/mol. The van der Waals surface area contributed by atoms with Crippen LogP contribution in [0.2, 0.25) is 0 Å². The van der Waals surface area contributed by atoms with Crippen LogP contribution in [0.4, 0.5) is 0 Å². The van der Waals surface area contributed by atoms with E-state index < -0.39 is 0 Å². The largest absolute Gasteiger partial charge is 0.304 e. The molecule has 2 aromatic heterocycles. The van der Waals surface area contributed by atoms with Crippen LogP contribution in [0.5, 0.6) is 0 Å². The van der Waals surface area contributed by atoms with E-state index in [1.165, 1.54) is 6.20 Å². The lowest BCUT2D eigenvalue weighted by molar-refractivity contribution is 0.562. The number of nitrogens with one attached hydrogen (secondary N) is 2. The summed E-state index contributed by atoms with van der Waals surface area (Å²) >= 11 is 2.01. The quantitative estimate of drug-likeness (QED) is 0.766. The molecular weight excluding hydrogens is 333 g/mol. The molecule has 2 N–H and O–H groups in total. The topological polar surface area (TPSA) is 87.3 Å². The lowest BCUT2D eigenvalue weighted by atomic mass is 9.92. The van der Waals surface area contributed by atoms with Crippen molar-refractivity contribution >= 4 is 22.6 Å². The molecule has 0 aliphatic heterocycles. The first-order chi connectivity index (χ1) is 7.89. The van der Waals surface area contributed by atoms with Gasteiger partial charge in [0.2, 0.25) is 0 Å². The second-order valence-electron chi connectivity index (χ2n) is 4.68. The molecule has 0 bridgehead atoms. The summed E-state index contributed by atoms with van der Waals surface area (Å²) in [5.41, 5.74) is 0.955. The van der Waals surface area contributed by atoms with E-state index in [1.807, 2.05) is 43.4 Å². The van der Waals surface area contributed by atoms with Crippen molar-refractivity contribution < 1.29 is 0 Å². The molecular formula is C10H12IN5O. The lowest BCUT2D eigenvalue weighted by Gasteiger charge is -2.19. The molecule has 2 aromatic rings. The van der Waals surface area contributed by atoms with Crippen molar-refractivity contribution in [2.24, 2.45) is 0 Å². The predicted octanol–water partition coefficient (Wildman–Crippen LogP) is 1.46. The SMILES string of the molecule is CC(C)(C)c1nc(-c2cn[nH]n2)[nH]c(=O)c1I. The Hall–Kier alpha value is -1.25. The molecule has 0 saturated carbocycles. The van der Waals surface area contributed by atoms with Gasteiger partial charge in [0.15, 0.2) is 5.82 Å². The van der Waals surface area contributed by atoms with Crippen molar-refractivity contribution in [2.75, 3.05) is 0 Å². The minimum atomic E-state index is -0.191. The first-order valence-electron chi connectivity index (χ1n) is 5.06. The molecule has 2 rings (SSSR count). The van der Waals surface area contributed by atoms with Crippen LogP contribution < -0.4 is 5.56 Å². The van der Waals surface area contributed by atoms with Gasteiger partial charge < -0.3 is 4.98 Å². The first kappa shape index (κ1) is 12.2. The molecule has 0 fully saturated rings. The summed E-state index contributed by atoms with van der Waals surface area (Å²) in [6, 6.07) is 0. The van der Waals surface area contributed by atoms with Crippen molar-refractivity contribution in [3.05, 3.63) is 25.8 Å². The van der Waals surface area contributed by atoms with Gasteiger partial charge in [0, 0.05) is 5.41 Å². The molecule has 0 aromatic carbocycles. The number of hydrogen-bond acceptors (Lipinski definition) is 4. The minimum Gasteiger partial charge on any atom is -0.304 e. The van der Waals surface area contributed by atoms with Crippen LogP contribution >= 0.6 is 22.6 Å². The maximum absolute atomic E-state index is 11.8. The molecule has 0 aliphatic carbocycles. The fourth-order valence-electron chi connectivity index (χ4n) is 1.39. The first-order valence-corrected chi connectivity index (χ1v) is 6.14. The number of hydrogen-bond donors (Lipinski definition) is 2. The van der Waals surface area contributed by atoms with Gasteiger partial charge in [0.05, 0.1) is 11.9 Å². The van der Waals surface area contributed by atoms with Gasteiger partial charge in [-0.25, -0.2) is 4.98 Å². The zero-order valence-electron chi connectivity index (χ0n) is 9.71. The van der Waals surface area contributed by atoms with E-state index in [2.05, 4.69) is 25.4 Å². The molecule has 17 heavy (non-hydrogen) atoms. The van der Waals surface area contributed by atoms with Crippen LogP contribution in [-0.4, -0.2) is 25.4 Å². The summed E-state index contributed by atoms with van der Waals surface area (Å²) in [6.45, 7) is 6.05. The second kappa shape index (κ2) is 4.21. The van der Waals surface area contributed by atoms with Gasteiger partial charge in [0.1, 0.15) is 9.26 Å². The summed E-state index contributed by atoms with van der Waals surface area (Å²) in [4.78, 5) is 19.0. The smallest absolute Gasteiger partial charge is 0.264 e. The monoisotopic (exact) mass is 345 g/mol. The number of aromatic amines is 2. The highest BCUT2D eigenvalue weighted by molar-refractivity contribution is 14.1. The Labute approximate surface area is 111 Å². The van der Waals surface area contributed by atoms with E-state index in [-0.39, 0.29) is 11.0 Å². The van der Waals surface area contributed by atoms with E-state index >= 15 is 0 Å². The third-order valence-corrected chi connectivity index (χ3v) is 3.23. The Kier molecular flexibility index (Phi) is 3.02. The summed E-state index contributed by atoms with van der Waals surface area (Å²) < 4.78 is 0.613. The van der Waals surface area contributed by atoms with Crippen molar-refractivity contribution in [2.45, 2.75) is 26.2 Å². The van der Waals surface area contributed by atoms with E-state index in [1.54, 1.807) is 0 Å². The van der Waals surface area contributed by atoms with E-state index in [9.17, 15) is 4.79 Å². The van der Waals surface area contributed by atoms with Gasteiger partial charge in [-0.05, 0) is 22.6 Å². The molecule has 0 spiro atoms. The van der Waals surface area contributed by atoms with Crippen LogP contribution in [0.1, 0.15) is 26.5 Å². The minimum absolute atomic E-state index is 0.150. The zero-order chi connectivity index (χ0) is 12.6. The van der Waals surface area contributed by atoms with E-state index in [4.69, 9.17) is 0 Å². The maximum Gasteiger partial charge on any atom is 0.264 e. The number of aromatic nitrogens is 5. The molecule has 0 radical (unpaired) electrons. The molecule has 0 amide bonds. The van der Waals surface area contributed by atoms with Gasteiger partial charge in [-0.2, -0.15) is 15.4 Å². The van der Waals surface area contributed by atoms with Gasteiger partial charge in [0.25, 0.3) is 5.56 Å². The maximum atomic E-state index is 11.8. The van der Waals surface area contributed by atoms with E-state index in [0.29, 0.717) is 15.1 Å². The molecule has 90 valence electrons. The highest BCUT2D eigenvalue weighted by Gasteiger charge is 2.22. The van der Waals surface area contributed by atoms with E-state index in [0.717, 1.165) is 5.69 Å². The summed E-state index contributed by atoms with van der Waals surface area (Å²) in [5, 5.41) is 10.1. The van der Waals surface area contributed by atoms with Crippen LogP contribution in [-0.2, 0) is 5.41 Å². The van der Waals surface area contributed by atoms with Crippen LogP contribution in [0.15, 0.2) is 11.0 Å². The van der Waals surface area contributed by atoms with Crippen molar-refractivity contribution in [1.29, 1.82) is 0 Å². The number of nitrogens with zero attached hydrogens (tertiary/aromatic N) is 3. The lowest BCUT2D eigenvalue weighted by Crippen LogP contribution is -2.24. The summed E-state index contributed by atoms with van der Waals surface area (Å²) in [7, 11) is 0. The van der Waals surface area contributed by atoms with Crippen molar-refractivity contribution in [1.82, 2.24) is 25.4 Å². The van der Waals surface area contributed by atoms with Gasteiger partial charge in [-0.1, -0.05) is 20.8 Å². The fraction of sp³-hybridized carbons (Fsp3) is 0.400. The normalized spacial score (nSPS) is 11.8. The Morgan fingerprint density at radius 2 is 2.06 bits per heavy atom. The Balaban J connectivity index is 2.67. The number of rotatable bonds is 1. The third-order valence-electron chi connectivity index (χ3n) is 2.23. The highest BCUT2D eigenvalue weighted by Crippen LogP contribution is 2.24. The predicted molar refractivity (Wildman–Crippen MR) is 71.7 cm³/mol. The fourth-order valence-corrected chi connectivity index (χ4v) is 2.46. The molecule has 2 heterocycles. The Morgan fingerprint density at radius 1 is 1.35 bits per heavy atom. The van der Waals surface area contributed by atoms with Gasteiger partial charge in [-0.3, -0.25) is 4.79 Å². The van der Waals surface area contributed by atoms with Gasteiger partial charge >= 0.3 is 0 Å². The molecule has 7 heteroatoms. The Morgan fingerprint density at radius 3 is 2.59 bits per heavy atom. The Bertz CT molecular complexity index is 582. The standard InChI is InChI=1S/C10H12IN5O/c1-10(2,3)7-6(11)9(17)14-8(13-7)5-4-12-16-15-5/h4H,1-3H3,(H,12,15,16)(H,13,14,17). The molecule has 0 aliphatic rings. The van der Waals surface area contributed by atoms with Crippen LogP contribution in [0, 0.1) is 3.57 Å². The highest BCUT2D eigenvalue weighted by atomic mass is 127. The molecule has 6 nitrogen and oxygen atoms in total. The van der Waals surface area contributed by atoms with Crippen molar-refractivity contribution in [3.63, 3.8) is 0 Å². The third kappa shape index (κ3) is 2.38. The zero-order valence-corrected chi connectivity index (χ0v) is 11.9. The number of halogens is 1. The van der Waals surface area contributed by atoms with Gasteiger partial charge in [-0.15, -0.1) is 0 Å².